The molecule has 2 aromatic carbocycles. The first-order valence-electron chi connectivity index (χ1n) is 9.40. The van der Waals surface area contributed by atoms with Gasteiger partial charge in [-0.2, -0.15) is 0 Å². The van der Waals surface area contributed by atoms with E-state index < -0.39 is 11.7 Å². The molecule has 0 aliphatic carbocycles. The van der Waals surface area contributed by atoms with Crippen molar-refractivity contribution in [3.05, 3.63) is 78.5 Å². The van der Waals surface area contributed by atoms with E-state index >= 15 is 0 Å². The highest BCUT2D eigenvalue weighted by Crippen LogP contribution is 2.38. The second kappa shape index (κ2) is 8.76. The molecule has 160 valence electrons. The van der Waals surface area contributed by atoms with Gasteiger partial charge in [0.1, 0.15) is 17.3 Å². The standard InChI is InChI=1S/C23H24FN5O2/c1-12(2)31-14(4)22(25)23(30)28-19-10-15(11-20(29-26)21(19)13(3)24)16-6-5-7-18-17(16)8-9-27-18/h5-11,27,29H,1,3,25-26H2,2,4H3,(H,28,30)/b22-14-. The van der Waals surface area contributed by atoms with Crippen LogP contribution in [0.15, 0.2) is 73.0 Å². The van der Waals surface area contributed by atoms with Crippen molar-refractivity contribution in [3.8, 4) is 11.1 Å². The first-order valence-corrected chi connectivity index (χ1v) is 9.40. The number of H-pyrrole nitrogens is 1. The SMILES string of the molecule is C=C(C)O/C(C)=C(\N)C(=O)Nc1cc(-c2cccc3[nH]ccc23)cc(NN)c1C(=C)F. The predicted octanol–water partition coefficient (Wildman–Crippen LogP) is 4.74. The van der Waals surface area contributed by atoms with Crippen LogP contribution < -0.4 is 22.3 Å². The monoisotopic (exact) mass is 421 g/mol. The van der Waals surface area contributed by atoms with Gasteiger partial charge in [0.25, 0.3) is 5.91 Å². The summed E-state index contributed by atoms with van der Waals surface area (Å²) in [5.74, 6) is 4.77. The van der Waals surface area contributed by atoms with Crippen LogP contribution in [0, 0.1) is 0 Å². The normalized spacial score (nSPS) is 11.6. The third-order valence-corrected chi connectivity index (χ3v) is 4.67. The predicted molar refractivity (Wildman–Crippen MR) is 123 cm³/mol. The lowest BCUT2D eigenvalue weighted by molar-refractivity contribution is -0.113. The van der Waals surface area contributed by atoms with Gasteiger partial charge >= 0.3 is 0 Å². The molecule has 0 saturated carbocycles. The summed E-state index contributed by atoms with van der Waals surface area (Å²) in [6.45, 7) is 10.1. The van der Waals surface area contributed by atoms with Gasteiger partial charge in [-0.1, -0.05) is 25.3 Å². The summed E-state index contributed by atoms with van der Waals surface area (Å²) in [6.07, 6.45) is 1.83. The quantitative estimate of drug-likeness (QED) is 0.163. The van der Waals surface area contributed by atoms with Crippen molar-refractivity contribution in [2.24, 2.45) is 11.6 Å². The van der Waals surface area contributed by atoms with Gasteiger partial charge in [-0.15, -0.1) is 0 Å². The number of nitrogen functional groups attached to an aromatic ring is 1. The maximum Gasteiger partial charge on any atom is 0.275 e. The van der Waals surface area contributed by atoms with Crippen LogP contribution >= 0.6 is 0 Å². The van der Waals surface area contributed by atoms with Crippen molar-refractivity contribution in [1.29, 1.82) is 0 Å². The molecule has 0 atom stereocenters. The number of hydrazine groups is 1. The number of amides is 1. The Morgan fingerprint density at radius 3 is 2.52 bits per heavy atom. The minimum atomic E-state index is -0.771. The van der Waals surface area contributed by atoms with Crippen molar-refractivity contribution in [2.45, 2.75) is 13.8 Å². The summed E-state index contributed by atoms with van der Waals surface area (Å²) < 4.78 is 19.6. The highest BCUT2D eigenvalue weighted by atomic mass is 19.1. The Morgan fingerprint density at radius 2 is 1.87 bits per heavy atom. The highest BCUT2D eigenvalue weighted by molar-refractivity contribution is 6.06. The minimum Gasteiger partial charge on any atom is -0.465 e. The Morgan fingerprint density at radius 1 is 1.16 bits per heavy atom. The largest absolute Gasteiger partial charge is 0.465 e. The number of carbonyl (C=O) groups excluding carboxylic acids is 1. The number of aromatic nitrogens is 1. The molecule has 0 aliphatic rings. The van der Waals surface area contributed by atoms with Crippen LogP contribution in [0.25, 0.3) is 27.9 Å². The first kappa shape index (κ1) is 21.7. The molecular formula is C23H24FN5O2. The molecule has 3 aromatic rings. The van der Waals surface area contributed by atoms with Crippen LogP contribution in [0.2, 0.25) is 0 Å². The van der Waals surface area contributed by atoms with Crippen molar-refractivity contribution in [2.75, 3.05) is 10.7 Å². The summed E-state index contributed by atoms with van der Waals surface area (Å²) in [7, 11) is 0. The number of hydrogen-bond donors (Lipinski definition) is 5. The Balaban J connectivity index is 2.13. The van der Waals surface area contributed by atoms with E-state index in [0.717, 1.165) is 16.5 Å². The summed E-state index contributed by atoms with van der Waals surface area (Å²) in [6, 6.07) is 11.0. The van der Waals surface area contributed by atoms with E-state index in [1.165, 1.54) is 6.92 Å². The van der Waals surface area contributed by atoms with Crippen molar-refractivity contribution in [3.63, 3.8) is 0 Å². The molecule has 0 unspecified atom stereocenters. The van der Waals surface area contributed by atoms with Crippen LogP contribution in [0.1, 0.15) is 19.4 Å². The van der Waals surface area contributed by atoms with Gasteiger partial charge in [-0.3, -0.25) is 10.6 Å². The molecule has 1 aromatic heterocycles. The Kier molecular flexibility index (Phi) is 6.12. The summed E-state index contributed by atoms with van der Waals surface area (Å²) in [5.41, 5.74) is 11.2. The highest BCUT2D eigenvalue weighted by Gasteiger charge is 2.19. The molecule has 0 bridgehead atoms. The lowest BCUT2D eigenvalue weighted by Gasteiger charge is -2.17. The molecule has 1 amide bonds. The fourth-order valence-electron chi connectivity index (χ4n) is 3.31. The van der Waals surface area contributed by atoms with E-state index in [-0.39, 0.29) is 28.4 Å². The second-order valence-electron chi connectivity index (χ2n) is 6.97. The molecule has 1 heterocycles. The summed E-state index contributed by atoms with van der Waals surface area (Å²) >= 11 is 0. The summed E-state index contributed by atoms with van der Waals surface area (Å²) in [4.78, 5) is 15.9. The average Bonchev–Trinajstić information content (AvgIpc) is 3.20. The van der Waals surface area contributed by atoms with E-state index in [1.807, 2.05) is 30.5 Å². The number of nitrogens with two attached hydrogens (primary N) is 2. The van der Waals surface area contributed by atoms with E-state index in [9.17, 15) is 9.18 Å². The number of allylic oxidation sites excluding steroid dienone is 2. The molecule has 0 radical (unpaired) electrons. The van der Waals surface area contributed by atoms with Gasteiger partial charge in [-0.05, 0) is 49.2 Å². The van der Waals surface area contributed by atoms with Gasteiger partial charge in [0.15, 0.2) is 0 Å². The molecule has 31 heavy (non-hydrogen) atoms. The first-order chi connectivity index (χ1) is 14.7. The van der Waals surface area contributed by atoms with Gasteiger partial charge < -0.3 is 26.2 Å². The van der Waals surface area contributed by atoms with Gasteiger partial charge in [0.05, 0.1) is 22.7 Å². The van der Waals surface area contributed by atoms with Gasteiger partial charge in [-0.25, -0.2) is 4.39 Å². The fraction of sp³-hybridized carbons (Fsp3) is 0.0870. The van der Waals surface area contributed by atoms with E-state index in [1.54, 1.807) is 19.1 Å². The second-order valence-corrected chi connectivity index (χ2v) is 6.97. The fourth-order valence-corrected chi connectivity index (χ4v) is 3.31. The average molecular weight is 421 g/mol. The number of nitrogens with one attached hydrogen (secondary N) is 3. The maximum absolute atomic E-state index is 14.3. The maximum atomic E-state index is 14.3. The Bertz CT molecular complexity index is 1230. The third-order valence-electron chi connectivity index (χ3n) is 4.67. The van der Waals surface area contributed by atoms with E-state index in [4.69, 9.17) is 16.3 Å². The zero-order valence-corrected chi connectivity index (χ0v) is 17.3. The Hall–Kier alpha value is -4.04. The molecule has 0 spiro atoms. The molecule has 0 fully saturated rings. The topological polar surface area (TPSA) is 118 Å². The van der Waals surface area contributed by atoms with Crippen molar-refractivity contribution < 1.29 is 13.9 Å². The minimum absolute atomic E-state index is 0.0205. The van der Waals surface area contributed by atoms with Crippen LogP contribution in [0.4, 0.5) is 15.8 Å². The lowest BCUT2D eigenvalue weighted by atomic mass is 9.97. The van der Waals surface area contributed by atoms with E-state index in [2.05, 4.69) is 28.9 Å². The number of halogens is 1. The molecule has 0 saturated heterocycles. The molecular weight excluding hydrogens is 397 g/mol. The zero-order valence-electron chi connectivity index (χ0n) is 17.3. The number of anilines is 2. The number of benzene rings is 2. The Labute approximate surface area is 179 Å². The smallest absolute Gasteiger partial charge is 0.275 e. The van der Waals surface area contributed by atoms with Crippen LogP contribution in [-0.2, 0) is 9.53 Å². The number of rotatable bonds is 7. The number of carbonyl (C=O) groups is 1. The molecule has 0 aliphatic heterocycles. The van der Waals surface area contributed by atoms with Crippen LogP contribution in [-0.4, -0.2) is 10.9 Å². The van der Waals surface area contributed by atoms with Crippen molar-refractivity contribution in [1.82, 2.24) is 4.98 Å². The van der Waals surface area contributed by atoms with Gasteiger partial charge in [0, 0.05) is 17.1 Å². The van der Waals surface area contributed by atoms with Crippen LogP contribution in [0.3, 0.4) is 0 Å². The number of ether oxygens (including phenoxy) is 1. The molecule has 8 heteroatoms. The summed E-state index contributed by atoms with van der Waals surface area (Å²) in [5, 5.41) is 3.59. The van der Waals surface area contributed by atoms with E-state index in [0.29, 0.717) is 11.3 Å². The zero-order chi connectivity index (χ0) is 22.7. The van der Waals surface area contributed by atoms with Gasteiger partial charge in [0.2, 0.25) is 0 Å². The molecule has 7 nitrogen and oxygen atoms in total. The molecule has 3 rings (SSSR count). The molecule has 7 N–H and O–H groups in total. The van der Waals surface area contributed by atoms with Crippen molar-refractivity contribution >= 4 is 34.0 Å². The number of hydrogen-bond acceptors (Lipinski definition) is 5. The number of fused-ring (bicyclic) bond motifs is 1. The number of aromatic amines is 1. The van der Waals surface area contributed by atoms with Crippen LogP contribution in [0.5, 0.6) is 0 Å². The third kappa shape index (κ3) is 4.44. The lowest BCUT2D eigenvalue weighted by Crippen LogP contribution is -2.23.